The first kappa shape index (κ1) is 15.3. The molecule has 0 unspecified atom stereocenters. The second-order valence-corrected chi connectivity index (χ2v) is 5.51. The highest BCUT2D eigenvalue weighted by molar-refractivity contribution is 5.24. The average molecular weight is 245 g/mol. The third-order valence-corrected chi connectivity index (χ3v) is 4.00. The van der Waals surface area contributed by atoms with E-state index in [1.165, 1.54) is 56.9 Å². The highest BCUT2D eigenvalue weighted by Crippen LogP contribution is 2.38. The Morgan fingerprint density at radius 2 is 1.61 bits per heavy atom. The van der Waals surface area contributed by atoms with Gasteiger partial charge < -0.3 is 0 Å². The normalized spacial score (nSPS) is 11.7. The second-order valence-electron chi connectivity index (χ2n) is 5.51. The van der Waals surface area contributed by atoms with Crippen molar-refractivity contribution in [3.8, 4) is 0 Å². The van der Waals surface area contributed by atoms with E-state index in [9.17, 15) is 0 Å². The first-order valence-electron chi connectivity index (χ1n) is 7.76. The predicted molar refractivity (Wildman–Crippen MR) is 80.9 cm³/mol. The molecule has 1 rings (SSSR count). The van der Waals surface area contributed by atoms with Gasteiger partial charge in [0.1, 0.15) is 0 Å². The molecule has 0 fully saturated rings. The summed E-state index contributed by atoms with van der Waals surface area (Å²) in [6.45, 7) is 6.91. The maximum Gasteiger partial charge on any atom is -0.00410 e. The van der Waals surface area contributed by atoms with Gasteiger partial charge in [-0.2, -0.15) is 0 Å². The van der Waals surface area contributed by atoms with Crippen LogP contribution in [-0.2, 0) is 5.41 Å². The Hall–Kier alpha value is -0.780. The first-order chi connectivity index (χ1) is 8.79. The van der Waals surface area contributed by atoms with Gasteiger partial charge in [-0.25, -0.2) is 0 Å². The molecule has 18 heavy (non-hydrogen) atoms. The molecule has 0 aliphatic carbocycles. The third-order valence-electron chi connectivity index (χ3n) is 4.00. The van der Waals surface area contributed by atoms with E-state index in [1.807, 2.05) is 0 Å². The molecule has 1 aromatic carbocycles. The van der Waals surface area contributed by atoms with Crippen molar-refractivity contribution in [3.63, 3.8) is 0 Å². The molecule has 0 aliphatic heterocycles. The van der Waals surface area contributed by atoms with Crippen LogP contribution in [0.5, 0.6) is 0 Å². The lowest BCUT2D eigenvalue weighted by Gasteiger charge is -2.34. The fourth-order valence-corrected chi connectivity index (χ4v) is 3.17. The minimum absolute atomic E-state index is 0.389. The summed E-state index contributed by atoms with van der Waals surface area (Å²) in [6.07, 6.45) is 10.5. The molecule has 0 saturated heterocycles. The Kier molecular flexibility index (Phi) is 7.08. The Morgan fingerprint density at radius 1 is 0.889 bits per heavy atom. The Bertz CT molecular complexity index is 293. The average Bonchev–Trinajstić information content (AvgIpc) is 2.40. The van der Waals surface area contributed by atoms with Gasteiger partial charge in [-0.3, -0.25) is 0 Å². The maximum atomic E-state index is 3.51. The van der Waals surface area contributed by atoms with E-state index in [2.05, 4.69) is 51.1 Å². The standard InChI is InChI=1S/C18H29/c1-4-7-11-16-18(14-5-2,15-6-3)17-12-9-8-10-13-17/h8-10,12H,4-7,11,14-16H2,1-3H3. The third kappa shape index (κ3) is 4.15. The van der Waals surface area contributed by atoms with Crippen LogP contribution < -0.4 is 0 Å². The minimum atomic E-state index is 0.389. The fourth-order valence-electron chi connectivity index (χ4n) is 3.17. The van der Waals surface area contributed by atoms with E-state index in [4.69, 9.17) is 0 Å². The van der Waals surface area contributed by atoms with Crippen LogP contribution in [-0.4, -0.2) is 0 Å². The lowest BCUT2D eigenvalue weighted by Crippen LogP contribution is -2.26. The van der Waals surface area contributed by atoms with Crippen LogP contribution >= 0.6 is 0 Å². The summed E-state index contributed by atoms with van der Waals surface area (Å²) >= 11 is 0. The molecule has 0 heteroatoms. The van der Waals surface area contributed by atoms with Crippen molar-refractivity contribution in [3.05, 3.63) is 35.9 Å². The molecule has 0 spiro atoms. The largest absolute Gasteiger partial charge is 0.0654 e. The van der Waals surface area contributed by atoms with Gasteiger partial charge in [0.25, 0.3) is 0 Å². The van der Waals surface area contributed by atoms with Gasteiger partial charge >= 0.3 is 0 Å². The molecule has 0 bridgehead atoms. The molecule has 0 saturated carbocycles. The van der Waals surface area contributed by atoms with Gasteiger partial charge in [0.2, 0.25) is 0 Å². The zero-order valence-corrected chi connectivity index (χ0v) is 12.5. The van der Waals surface area contributed by atoms with E-state index in [0.29, 0.717) is 5.41 Å². The molecule has 0 nitrogen and oxygen atoms in total. The SMILES string of the molecule is CCCCCC(CCC)(CCC)c1[c]cccc1. The topological polar surface area (TPSA) is 0 Å². The van der Waals surface area contributed by atoms with Crippen molar-refractivity contribution in [2.75, 3.05) is 0 Å². The van der Waals surface area contributed by atoms with Crippen molar-refractivity contribution < 1.29 is 0 Å². The summed E-state index contributed by atoms with van der Waals surface area (Å²) in [7, 11) is 0. The predicted octanol–water partition coefficient (Wildman–Crippen LogP) is 5.91. The molecule has 0 amide bonds. The number of hydrogen-bond acceptors (Lipinski definition) is 0. The second kappa shape index (κ2) is 8.34. The van der Waals surface area contributed by atoms with E-state index in [0.717, 1.165) is 0 Å². The molecule has 0 heterocycles. The Balaban J connectivity index is 2.89. The van der Waals surface area contributed by atoms with E-state index >= 15 is 0 Å². The van der Waals surface area contributed by atoms with Crippen LogP contribution in [0.15, 0.2) is 24.3 Å². The smallest absolute Gasteiger partial charge is 0.00410 e. The molecule has 1 radical (unpaired) electrons. The van der Waals surface area contributed by atoms with Crippen molar-refractivity contribution in [1.29, 1.82) is 0 Å². The molecule has 1 aromatic rings. The van der Waals surface area contributed by atoms with Gasteiger partial charge in [-0.05, 0) is 36.3 Å². The molecular weight excluding hydrogens is 216 g/mol. The van der Waals surface area contributed by atoms with E-state index < -0.39 is 0 Å². The van der Waals surface area contributed by atoms with Crippen LogP contribution in [0, 0.1) is 6.07 Å². The minimum Gasteiger partial charge on any atom is -0.0654 e. The molecule has 101 valence electrons. The van der Waals surface area contributed by atoms with Crippen molar-refractivity contribution in [2.24, 2.45) is 0 Å². The van der Waals surface area contributed by atoms with Crippen molar-refractivity contribution >= 4 is 0 Å². The van der Waals surface area contributed by atoms with Gasteiger partial charge in [-0.1, -0.05) is 77.1 Å². The number of hydrogen-bond donors (Lipinski definition) is 0. The number of benzene rings is 1. The summed E-state index contributed by atoms with van der Waals surface area (Å²) < 4.78 is 0. The van der Waals surface area contributed by atoms with Gasteiger partial charge in [0.05, 0.1) is 0 Å². The summed E-state index contributed by atoms with van der Waals surface area (Å²) in [5.74, 6) is 0. The summed E-state index contributed by atoms with van der Waals surface area (Å²) in [5, 5.41) is 0. The molecule has 0 aromatic heterocycles. The van der Waals surface area contributed by atoms with Crippen LogP contribution in [0.3, 0.4) is 0 Å². The quantitative estimate of drug-likeness (QED) is 0.475. The zero-order valence-electron chi connectivity index (χ0n) is 12.5. The van der Waals surface area contributed by atoms with Crippen LogP contribution in [0.2, 0.25) is 0 Å². The zero-order chi connectivity index (χ0) is 13.3. The van der Waals surface area contributed by atoms with Gasteiger partial charge in [-0.15, -0.1) is 0 Å². The Labute approximate surface area is 114 Å². The molecule has 0 aliphatic rings. The monoisotopic (exact) mass is 245 g/mol. The molecule has 0 atom stereocenters. The lowest BCUT2D eigenvalue weighted by molar-refractivity contribution is 0.318. The van der Waals surface area contributed by atoms with E-state index in [-0.39, 0.29) is 0 Å². The Morgan fingerprint density at radius 3 is 2.11 bits per heavy atom. The summed E-state index contributed by atoms with van der Waals surface area (Å²) in [6, 6.07) is 12.1. The number of rotatable bonds is 9. The van der Waals surface area contributed by atoms with Crippen LogP contribution in [0.4, 0.5) is 0 Å². The highest BCUT2D eigenvalue weighted by Gasteiger charge is 2.29. The van der Waals surface area contributed by atoms with Crippen LogP contribution in [0.25, 0.3) is 0 Å². The maximum absolute atomic E-state index is 3.51. The molecule has 0 N–H and O–H groups in total. The van der Waals surface area contributed by atoms with Gasteiger partial charge in [0, 0.05) is 0 Å². The lowest BCUT2D eigenvalue weighted by atomic mass is 9.70. The number of unbranched alkanes of at least 4 members (excludes halogenated alkanes) is 2. The first-order valence-corrected chi connectivity index (χ1v) is 7.76. The van der Waals surface area contributed by atoms with Crippen molar-refractivity contribution in [2.45, 2.75) is 77.6 Å². The van der Waals surface area contributed by atoms with Gasteiger partial charge in [0.15, 0.2) is 0 Å². The van der Waals surface area contributed by atoms with E-state index in [1.54, 1.807) is 0 Å². The highest BCUT2D eigenvalue weighted by atomic mass is 14.3. The summed E-state index contributed by atoms with van der Waals surface area (Å²) in [5.41, 5.74) is 1.84. The molecular formula is C18H29. The fraction of sp³-hybridized carbons (Fsp3) is 0.667. The van der Waals surface area contributed by atoms with Crippen molar-refractivity contribution in [1.82, 2.24) is 0 Å². The van der Waals surface area contributed by atoms with Crippen LogP contribution in [0.1, 0.15) is 77.7 Å². The summed E-state index contributed by atoms with van der Waals surface area (Å²) in [4.78, 5) is 0.